The number of hydrogen-bond donors (Lipinski definition) is 2. The fourth-order valence-corrected chi connectivity index (χ4v) is 6.09. The van der Waals surface area contributed by atoms with E-state index < -0.39 is 15.9 Å². The molecule has 1 heterocycles. The van der Waals surface area contributed by atoms with Gasteiger partial charge in [0, 0.05) is 29.6 Å². The Balaban J connectivity index is 0.00000442. The Morgan fingerprint density at radius 2 is 1.52 bits per heavy atom. The standard InChI is InChI=1S/C33H29N3O5S2.Na/c1-3-41-28-16-12-26(13-17-28)25-10-6-23(7-11-25)20-30-32(38)35-33(42-30)34-27-14-8-24(9-15-27)21-31(37)36-43(39,40)29-18-4-22(2)5-19-29;/h4-20H,3,21H2,1-2H3,(H,36,37)(H,34,35,38);. The number of aryl methyl sites for hydroxylation is 1. The number of amides is 2. The van der Waals surface area contributed by atoms with Crippen LogP contribution in [0.3, 0.4) is 0 Å². The van der Waals surface area contributed by atoms with Gasteiger partial charge in [-0.2, -0.15) is 0 Å². The third-order valence-corrected chi connectivity index (χ3v) is 8.77. The number of aliphatic imine (C=N–C) groups is 1. The fraction of sp³-hybridized carbons (Fsp3) is 0.121. The molecule has 2 N–H and O–H groups in total. The van der Waals surface area contributed by atoms with E-state index in [1.165, 1.54) is 23.9 Å². The van der Waals surface area contributed by atoms with Crippen LogP contribution in [0.15, 0.2) is 112 Å². The number of ether oxygens (including phenoxy) is 1. The molecule has 44 heavy (non-hydrogen) atoms. The monoisotopic (exact) mass is 634 g/mol. The number of nitrogens with zero attached hydrogens (tertiary/aromatic N) is 1. The molecule has 0 saturated carbocycles. The minimum absolute atomic E-state index is 0. The van der Waals surface area contributed by atoms with E-state index in [4.69, 9.17) is 4.74 Å². The first-order chi connectivity index (χ1) is 20.7. The second kappa shape index (κ2) is 14.9. The average Bonchev–Trinajstić information content (AvgIpc) is 3.33. The molecule has 5 rings (SSSR count). The molecule has 11 heteroatoms. The molecule has 4 aromatic carbocycles. The van der Waals surface area contributed by atoms with E-state index in [2.05, 4.69) is 15.0 Å². The summed E-state index contributed by atoms with van der Waals surface area (Å²) in [4.78, 5) is 30.0. The minimum atomic E-state index is -3.95. The minimum Gasteiger partial charge on any atom is -0.494 e. The van der Waals surface area contributed by atoms with Gasteiger partial charge in [-0.15, -0.1) is 0 Å². The Morgan fingerprint density at radius 3 is 2.14 bits per heavy atom. The van der Waals surface area contributed by atoms with Gasteiger partial charge < -0.3 is 10.1 Å². The van der Waals surface area contributed by atoms with Gasteiger partial charge in [0.15, 0.2) is 5.17 Å². The first kappa shape index (κ1) is 33.2. The van der Waals surface area contributed by atoms with Crippen molar-refractivity contribution in [1.82, 2.24) is 10.0 Å². The first-order valence-corrected chi connectivity index (χ1v) is 15.8. The van der Waals surface area contributed by atoms with Gasteiger partial charge in [0.05, 0.1) is 28.5 Å². The van der Waals surface area contributed by atoms with E-state index in [1.807, 2.05) is 68.5 Å². The molecule has 1 aliphatic heterocycles. The zero-order valence-electron chi connectivity index (χ0n) is 24.5. The molecule has 0 unspecified atom stereocenters. The zero-order valence-corrected chi connectivity index (χ0v) is 28.2. The van der Waals surface area contributed by atoms with Crippen LogP contribution in [0.2, 0.25) is 0 Å². The van der Waals surface area contributed by atoms with Gasteiger partial charge in [-0.1, -0.05) is 66.2 Å². The predicted octanol–water partition coefficient (Wildman–Crippen LogP) is 5.62. The number of carbonyl (C=O) groups excluding carboxylic acids is 2. The summed E-state index contributed by atoms with van der Waals surface area (Å²) in [6.07, 6.45) is 1.70. The van der Waals surface area contributed by atoms with Crippen molar-refractivity contribution in [3.8, 4) is 16.9 Å². The van der Waals surface area contributed by atoms with Crippen molar-refractivity contribution in [3.63, 3.8) is 0 Å². The molecule has 0 atom stereocenters. The van der Waals surface area contributed by atoms with Crippen molar-refractivity contribution in [3.05, 3.63) is 119 Å². The van der Waals surface area contributed by atoms with Crippen LogP contribution in [0.1, 0.15) is 23.6 Å². The van der Waals surface area contributed by atoms with Crippen LogP contribution in [0, 0.1) is 6.92 Å². The van der Waals surface area contributed by atoms with Crippen molar-refractivity contribution >= 4 is 80.1 Å². The summed E-state index contributed by atoms with van der Waals surface area (Å²) in [5.74, 6) is -0.0390. The molecule has 0 bridgehead atoms. The predicted molar refractivity (Wildman–Crippen MR) is 176 cm³/mol. The molecule has 1 fully saturated rings. The largest absolute Gasteiger partial charge is 0.494 e. The second-order valence-corrected chi connectivity index (χ2v) is 12.5. The first-order valence-electron chi connectivity index (χ1n) is 13.5. The van der Waals surface area contributed by atoms with Gasteiger partial charge >= 0.3 is 0 Å². The number of hydrogen-bond acceptors (Lipinski definition) is 7. The van der Waals surface area contributed by atoms with E-state index in [9.17, 15) is 18.0 Å². The fourth-order valence-electron chi connectivity index (χ4n) is 4.27. The van der Waals surface area contributed by atoms with Crippen LogP contribution in [-0.2, 0) is 26.0 Å². The summed E-state index contributed by atoms with van der Waals surface area (Å²) in [7, 11) is -3.95. The molecule has 219 valence electrons. The Kier molecular flexibility index (Phi) is 11.2. The van der Waals surface area contributed by atoms with Crippen molar-refractivity contribution in [2.75, 3.05) is 6.61 Å². The molecule has 1 saturated heterocycles. The van der Waals surface area contributed by atoms with E-state index in [0.29, 0.717) is 27.9 Å². The Morgan fingerprint density at radius 1 is 0.909 bits per heavy atom. The van der Waals surface area contributed by atoms with Crippen LogP contribution in [0.5, 0.6) is 5.75 Å². The smallest absolute Gasteiger partial charge is 0.264 e. The van der Waals surface area contributed by atoms with Crippen molar-refractivity contribution in [1.29, 1.82) is 0 Å². The number of rotatable bonds is 9. The maximum atomic E-state index is 12.6. The topological polar surface area (TPSA) is 114 Å². The van der Waals surface area contributed by atoms with Gasteiger partial charge in [-0.05, 0) is 90.3 Å². The summed E-state index contributed by atoms with van der Waals surface area (Å²) in [5, 5.41) is 3.22. The average molecular weight is 635 g/mol. The van der Waals surface area contributed by atoms with Crippen LogP contribution in [0.25, 0.3) is 17.2 Å². The van der Waals surface area contributed by atoms with Crippen LogP contribution in [0.4, 0.5) is 5.69 Å². The SMILES string of the molecule is CCOc1ccc(-c2ccc(C=C3SC(=Nc4ccc(CC(=O)NS(=O)(=O)c5ccc(C)cc5)cc4)NC3=O)cc2)cc1.[Na]. The maximum absolute atomic E-state index is 12.6. The Bertz CT molecular complexity index is 1800. The van der Waals surface area contributed by atoms with Gasteiger partial charge in [-0.25, -0.2) is 18.1 Å². The molecular weight excluding hydrogens is 606 g/mol. The summed E-state index contributed by atoms with van der Waals surface area (Å²) < 4.78 is 32.5. The second-order valence-electron chi connectivity index (χ2n) is 9.75. The zero-order chi connectivity index (χ0) is 30.4. The quantitative estimate of drug-likeness (QED) is 0.183. The van der Waals surface area contributed by atoms with Gasteiger partial charge in [0.25, 0.3) is 15.9 Å². The number of sulfonamides is 1. The van der Waals surface area contributed by atoms with Crippen molar-refractivity contribution < 1.29 is 22.7 Å². The summed E-state index contributed by atoms with van der Waals surface area (Å²) in [6.45, 7) is 4.43. The molecule has 8 nitrogen and oxygen atoms in total. The number of nitrogens with one attached hydrogen (secondary N) is 2. The number of benzene rings is 4. The third-order valence-electron chi connectivity index (χ3n) is 6.47. The number of thioether (sulfide) groups is 1. The summed E-state index contributed by atoms with van der Waals surface area (Å²) >= 11 is 1.24. The van der Waals surface area contributed by atoms with Gasteiger partial charge in [0.2, 0.25) is 5.91 Å². The van der Waals surface area contributed by atoms with E-state index in [1.54, 1.807) is 36.4 Å². The van der Waals surface area contributed by atoms with E-state index in [-0.39, 0.29) is 46.8 Å². The van der Waals surface area contributed by atoms with Crippen molar-refractivity contribution in [2.24, 2.45) is 4.99 Å². The van der Waals surface area contributed by atoms with Crippen LogP contribution in [-0.4, -0.2) is 61.6 Å². The van der Waals surface area contributed by atoms with Crippen molar-refractivity contribution in [2.45, 2.75) is 25.2 Å². The summed E-state index contributed by atoms with van der Waals surface area (Å²) in [6, 6.07) is 28.9. The maximum Gasteiger partial charge on any atom is 0.264 e. The normalized spacial score (nSPS) is 14.6. The van der Waals surface area contributed by atoms with Gasteiger partial charge in [0.1, 0.15) is 5.75 Å². The molecular formula is C33H29N3NaO5S2. The van der Waals surface area contributed by atoms with E-state index in [0.717, 1.165) is 28.0 Å². The molecule has 0 spiro atoms. The third kappa shape index (κ3) is 8.71. The van der Waals surface area contributed by atoms with Gasteiger partial charge in [-0.3, -0.25) is 9.59 Å². The molecule has 0 aliphatic carbocycles. The van der Waals surface area contributed by atoms with E-state index >= 15 is 0 Å². The van der Waals surface area contributed by atoms with Crippen LogP contribution >= 0.6 is 11.8 Å². The van der Waals surface area contributed by atoms with Crippen LogP contribution < -0.4 is 14.8 Å². The number of amidine groups is 1. The number of carbonyl (C=O) groups is 2. The summed E-state index contributed by atoms with van der Waals surface area (Å²) in [5.41, 5.74) is 5.15. The molecule has 1 aliphatic rings. The molecule has 0 aromatic heterocycles. The Labute approximate surface area is 283 Å². The molecule has 2 amide bonds. The molecule has 1 radical (unpaired) electrons. The Hall–Kier alpha value is -3.67. The molecule has 4 aromatic rings.